The van der Waals surface area contributed by atoms with Crippen molar-refractivity contribution >= 4 is 0 Å². The van der Waals surface area contributed by atoms with Gasteiger partial charge in [-0.15, -0.1) is 0 Å². The minimum absolute atomic E-state index is 0.310. The zero-order chi connectivity index (χ0) is 12.7. The van der Waals surface area contributed by atoms with Crippen LogP contribution in [0.15, 0.2) is 18.2 Å². The highest BCUT2D eigenvalue weighted by Gasteiger charge is 2.04. The lowest BCUT2D eigenvalue weighted by Gasteiger charge is -2.10. The summed E-state index contributed by atoms with van der Waals surface area (Å²) in [6.07, 6.45) is 0.430. The van der Waals surface area contributed by atoms with Gasteiger partial charge in [-0.2, -0.15) is 5.26 Å². The lowest BCUT2D eigenvalue weighted by molar-refractivity contribution is 0.167. The van der Waals surface area contributed by atoms with Crippen molar-refractivity contribution in [3.8, 4) is 11.8 Å². The van der Waals surface area contributed by atoms with Crippen molar-refractivity contribution < 1.29 is 9.84 Å². The van der Waals surface area contributed by atoms with Crippen LogP contribution >= 0.6 is 0 Å². The van der Waals surface area contributed by atoms with Crippen molar-refractivity contribution in [3.63, 3.8) is 0 Å². The number of hydrogen-bond donors (Lipinski definition) is 2. The molecule has 1 aromatic rings. The molecule has 0 spiro atoms. The number of aliphatic hydroxyl groups excluding tert-OH is 1. The van der Waals surface area contributed by atoms with Gasteiger partial charge in [0.05, 0.1) is 18.8 Å². The second-order valence-corrected chi connectivity index (χ2v) is 3.84. The molecule has 0 heterocycles. The summed E-state index contributed by atoms with van der Waals surface area (Å²) < 4.78 is 5.13. The third kappa shape index (κ3) is 4.06. The van der Waals surface area contributed by atoms with Gasteiger partial charge in [0, 0.05) is 13.1 Å². The smallest absolute Gasteiger partial charge is 0.136 e. The van der Waals surface area contributed by atoms with Gasteiger partial charge in [-0.05, 0) is 24.1 Å². The first-order valence-corrected chi connectivity index (χ1v) is 5.67. The highest BCUT2D eigenvalue weighted by molar-refractivity contribution is 5.45. The maximum atomic E-state index is 9.39. The average molecular weight is 234 g/mol. The van der Waals surface area contributed by atoms with Crippen molar-refractivity contribution in [3.05, 3.63) is 29.3 Å². The Kier molecular flexibility index (Phi) is 5.47. The van der Waals surface area contributed by atoms with E-state index in [0.29, 0.717) is 24.4 Å². The molecule has 1 rings (SSSR count). The Morgan fingerprint density at radius 2 is 2.29 bits per heavy atom. The molecule has 0 saturated heterocycles. The monoisotopic (exact) mass is 234 g/mol. The van der Waals surface area contributed by atoms with E-state index in [9.17, 15) is 5.11 Å². The molecule has 1 atom stereocenters. The number of benzene rings is 1. The van der Waals surface area contributed by atoms with Crippen molar-refractivity contribution in [2.24, 2.45) is 0 Å². The number of aliphatic hydroxyl groups is 1. The minimum Gasteiger partial charge on any atom is -0.495 e. The maximum absolute atomic E-state index is 9.39. The number of nitrogens with zero attached hydrogens (tertiary/aromatic N) is 1. The van der Waals surface area contributed by atoms with Gasteiger partial charge in [0.2, 0.25) is 0 Å². The highest BCUT2D eigenvalue weighted by Crippen LogP contribution is 2.18. The summed E-state index contributed by atoms with van der Waals surface area (Å²) in [6, 6.07) is 7.53. The highest BCUT2D eigenvalue weighted by atomic mass is 16.5. The standard InChI is InChI=1S/C13H18N2O2/c1-3-12(16)9-15-8-10-4-5-11(7-14)13(6-10)17-2/h4-6,12,15-16H,3,8-9H2,1-2H3. The van der Waals surface area contributed by atoms with Crippen LogP contribution < -0.4 is 10.1 Å². The molecule has 0 aromatic heterocycles. The molecule has 4 nitrogen and oxygen atoms in total. The molecular weight excluding hydrogens is 216 g/mol. The Balaban J connectivity index is 2.58. The summed E-state index contributed by atoms with van der Waals surface area (Å²) in [4.78, 5) is 0. The molecule has 1 unspecified atom stereocenters. The van der Waals surface area contributed by atoms with Crippen molar-refractivity contribution in [2.45, 2.75) is 26.0 Å². The predicted octanol–water partition coefficient (Wildman–Crippen LogP) is 1.43. The van der Waals surface area contributed by atoms with E-state index >= 15 is 0 Å². The zero-order valence-corrected chi connectivity index (χ0v) is 10.2. The van der Waals surface area contributed by atoms with Gasteiger partial charge < -0.3 is 15.2 Å². The van der Waals surface area contributed by atoms with Gasteiger partial charge >= 0.3 is 0 Å². The fourth-order valence-electron chi connectivity index (χ4n) is 1.47. The van der Waals surface area contributed by atoms with Crippen LogP contribution in [0.3, 0.4) is 0 Å². The van der Waals surface area contributed by atoms with Gasteiger partial charge in [-0.1, -0.05) is 13.0 Å². The number of methoxy groups -OCH3 is 1. The van der Waals surface area contributed by atoms with Crippen LogP contribution in [0.1, 0.15) is 24.5 Å². The van der Waals surface area contributed by atoms with E-state index in [4.69, 9.17) is 10.00 Å². The molecule has 2 N–H and O–H groups in total. The number of hydrogen-bond acceptors (Lipinski definition) is 4. The first-order chi connectivity index (χ1) is 8.21. The van der Waals surface area contributed by atoms with Crippen LogP contribution in [0.25, 0.3) is 0 Å². The van der Waals surface area contributed by atoms with Crippen molar-refractivity contribution in [2.75, 3.05) is 13.7 Å². The number of nitriles is 1. The third-order valence-corrected chi connectivity index (χ3v) is 2.57. The Morgan fingerprint density at radius 1 is 1.53 bits per heavy atom. The fraction of sp³-hybridized carbons (Fsp3) is 0.462. The topological polar surface area (TPSA) is 65.3 Å². The summed E-state index contributed by atoms with van der Waals surface area (Å²) >= 11 is 0. The van der Waals surface area contributed by atoms with E-state index in [1.807, 2.05) is 19.1 Å². The largest absolute Gasteiger partial charge is 0.495 e. The van der Waals surface area contributed by atoms with Gasteiger partial charge in [0.25, 0.3) is 0 Å². The summed E-state index contributed by atoms with van der Waals surface area (Å²) in [5.41, 5.74) is 1.56. The first-order valence-electron chi connectivity index (χ1n) is 5.67. The average Bonchev–Trinajstić information content (AvgIpc) is 2.38. The SMILES string of the molecule is CCC(O)CNCc1ccc(C#N)c(OC)c1. The van der Waals surface area contributed by atoms with Gasteiger partial charge in [0.1, 0.15) is 11.8 Å². The Bertz CT molecular complexity index is 399. The second-order valence-electron chi connectivity index (χ2n) is 3.84. The van der Waals surface area contributed by atoms with E-state index in [1.165, 1.54) is 0 Å². The molecule has 0 amide bonds. The summed E-state index contributed by atoms with van der Waals surface area (Å²) in [6.45, 7) is 3.16. The molecule has 0 aliphatic rings. The van der Waals surface area contributed by atoms with Crippen LogP contribution in [-0.2, 0) is 6.54 Å². The Labute approximate surface area is 102 Å². The minimum atomic E-state index is -0.310. The number of nitrogens with one attached hydrogen (secondary N) is 1. The van der Waals surface area contributed by atoms with E-state index in [2.05, 4.69) is 11.4 Å². The Morgan fingerprint density at radius 3 is 2.88 bits per heavy atom. The Hall–Kier alpha value is -1.57. The van der Waals surface area contributed by atoms with Crippen LogP contribution in [0.5, 0.6) is 5.75 Å². The van der Waals surface area contributed by atoms with E-state index in [-0.39, 0.29) is 6.10 Å². The molecule has 0 bridgehead atoms. The molecule has 0 aliphatic carbocycles. The van der Waals surface area contributed by atoms with Crippen LogP contribution in [0, 0.1) is 11.3 Å². The fourth-order valence-corrected chi connectivity index (χ4v) is 1.47. The summed E-state index contributed by atoms with van der Waals surface area (Å²) in [7, 11) is 1.55. The molecule has 1 aromatic carbocycles. The molecule has 92 valence electrons. The molecule has 0 fully saturated rings. The molecule has 0 saturated carbocycles. The summed E-state index contributed by atoms with van der Waals surface area (Å²) in [5.74, 6) is 0.586. The number of rotatable bonds is 6. The lowest BCUT2D eigenvalue weighted by atomic mass is 10.1. The quantitative estimate of drug-likeness (QED) is 0.781. The third-order valence-electron chi connectivity index (χ3n) is 2.57. The van der Waals surface area contributed by atoms with E-state index in [1.54, 1.807) is 13.2 Å². The van der Waals surface area contributed by atoms with Gasteiger partial charge in [-0.3, -0.25) is 0 Å². The van der Waals surface area contributed by atoms with Crippen LogP contribution in [-0.4, -0.2) is 24.9 Å². The predicted molar refractivity (Wildman–Crippen MR) is 65.7 cm³/mol. The van der Waals surface area contributed by atoms with Crippen LogP contribution in [0.2, 0.25) is 0 Å². The molecule has 0 aliphatic heterocycles. The molecule has 4 heteroatoms. The molecule has 0 radical (unpaired) electrons. The number of ether oxygens (including phenoxy) is 1. The first kappa shape index (κ1) is 13.5. The zero-order valence-electron chi connectivity index (χ0n) is 10.2. The van der Waals surface area contributed by atoms with Crippen molar-refractivity contribution in [1.82, 2.24) is 5.32 Å². The molecular formula is C13H18N2O2. The van der Waals surface area contributed by atoms with E-state index < -0.39 is 0 Å². The maximum Gasteiger partial charge on any atom is 0.136 e. The normalized spacial score (nSPS) is 11.9. The summed E-state index contributed by atoms with van der Waals surface area (Å²) in [5, 5.41) is 21.4. The second kappa shape index (κ2) is 6.89. The van der Waals surface area contributed by atoms with Crippen LogP contribution in [0.4, 0.5) is 0 Å². The van der Waals surface area contributed by atoms with E-state index in [0.717, 1.165) is 12.0 Å². The van der Waals surface area contributed by atoms with Gasteiger partial charge in [-0.25, -0.2) is 0 Å². The lowest BCUT2D eigenvalue weighted by Crippen LogP contribution is -2.25. The van der Waals surface area contributed by atoms with Gasteiger partial charge in [0.15, 0.2) is 0 Å². The van der Waals surface area contributed by atoms with Crippen molar-refractivity contribution in [1.29, 1.82) is 5.26 Å². The molecule has 17 heavy (non-hydrogen) atoms.